The number of rotatable bonds is 5. The van der Waals surface area contributed by atoms with Gasteiger partial charge in [-0.15, -0.1) is 11.3 Å². The number of aryl methyl sites for hydroxylation is 3. The van der Waals surface area contributed by atoms with E-state index < -0.39 is 6.04 Å². The minimum Gasteiger partial charge on any atom is -0.323 e. The predicted molar refractivity (Wildman–Crippen MR) is 138 cm³/mol. The third-order valence-corrected chi connectivity index (χ3v) is 7.38. The molecule has 0 aliphatic rings. The largest absolute Gasteiger partial charge is 0.323 e. The van der Waals surface area contributed by atoms with Crippen LogP contribution in [0.2, 0.25) is 10.0 Å². The molecule has 2 aromatic carbocycles. The highest BCUT2D eigenvalue weighted by Crippen LogP contribution is 2.36. The Morgan fingerprint density at radius 1 is 1.12 bits per heavy atom. The zero-order valence-electron chi connectivity index (χ0n) is 18.7. The van der Waals surface area contributed by atoms with Gasteiger partial charge in [0.15, 0.2) is 0 Å². The fourth-order valence-corrected chi connectivity index (χ4v) is 5.36. The SMILES string of the molecule is CCC(C(=O)Nc1ccc(Cl)cc1Cl)n1cnc2sc(C)c(-c3ccc(C)c(C)c3)c2c1=O. The van der Waals surface area contributed by atoms with Crippen LogP contribution in [0.25, 0.3) is 21.3 Å². The second kappa shape index (κ2) is 9.29. The molecule has 1 atom stereocenters. The van der Waals surface area contributed by atoms with Gasteiger partial charge in [0.2, 0.25) is 5.91 Å². The van der Waals surface area contributed by atoms with Crippen molar-refractivity contribution in [3.8, 4) is 11.1 Å². The van der Waals surface area contributed by atoms with E-state index in [1.807, 2.05) is 19.9 Å². The third kappa shape index (κ3) is 4.43. The van der Waals surface area contributed by atoms with Gasteiger partial charge in [-0.2, -0.15) is 0 Å². The number of carbonyl (C=O) groups is 1. The van der Waals surface area contributed by atoms with E-state index in [2.05, 4.69) is 36.3 Å². The van der Waals surface area contributed by atoms with E-state index in [0.29, 0.717) is 32.4 Å². The van der Waals surface area contributed by atoms with Crippen LogP contribution in [0.15, 0.2) is 47.5 Å². The van der Waals surface area contributed by atoms with Crippen molar-refractivity contribution in [3.05, 3.63) is 79.1 Å². The van der Waals surface area contributed by atoms with Crippen LogP contribution >= 0.6 is 34.5 Å². The van der Waals surface area contributed by atoms with Gasteiger partial charge in [0.05, 0.1) is 22.4 Å². The highest BCUT2D eigenvalue weighted by Gasteiger charge is 2.24. The standard InChI is InChI=1S/C25H23Cl2N3O2S/c1-5-20(23(31)29-19-9-8-17(26)11-18(19)27)30-12-28-24-22(25(30)32)21(15(4)33-24)16-7-6-13(2)14(3)10-16/h6-12,20H,5H2,1-4H3,(H,29,31). The van der Waals surface area contributed by atoms with Crippen molar-refractivity contribution in [3.63, 3.8) is 0 Å². The molecule has 2 heterocycles. The molecule has 5 nitrogen and oxygen atoms in total. The summed E-state index contributed by atoms with van der Waals surface area (Å²) in [5.74, 6) is -0.343. The number of halogens is 2. The Hall–Kier alpha value is -2.67. The van der Waals surface area contributed by atoms with Crippen LogP contribution in [0.4, 0.5) is 5.69 Å². The van der Waals surface area contributed by atoms with Crippen molar-refractivity contribution in [2.45, 2.75) is 40.2 Å². The summed E-state index contributed by atoms with van der Waals surface area (Å²) >= 11 is 13.6. The molecule has 1 N–H and O–H groups in total. The van der Waals surface area contributed by atoms with Crippen molar-refractivity contribution in [2.75, 3.05) is 5.32 Å². The summed E-state index contributed by atoms with van der Waals surface area (Å²) in [4.78, 5) is 33.0. The zero-order chi connectivity index (χ0) is 23.9. The average Bonchev–Trinajstić information content (AvgIpc) is 3.11. The molecule has 170 valence electrons. The Morgan fingerprint density at radius 2 is 1.88 bits per heavy atom. The number of nitrogens with one attached hydrogen (secondary N) is 1. The molecule has 4 rings (SSSR count). The van der Waals surface area contributed by atoms with E-state index in [4.69, 9.17) is 23.2 Å². The number of hydrogen-bond donors (Lipinski definition) is 1. The molecule has 0 aliphatic carbocycles. The second-order valence-corrected chi connectivity index (χ2v) is 10.1. The number of benzene rings is 2. The summed E-state index contributed by atoms with van der Waals surface area (Å²) in [6, 6.07) is 10.3. The van der Waals surface area contributed by atoms with Crippen molar-refractivity contribution in [2.24, 2.45) is 0 Å². The molecule has 1 amide bonds. The maximum absolute atomic E-state index is 13.7. The van der Waals surface area contributed by atoms with Gasteiger partial charge in [-0.3, -0.25) is 14.2 Å². The molecule has 2 aromatic heterocycles. The topological polar surface area (TPSA) is 64.0 Å². The van der Waals surface area contributed by atoms with E-state index in [-0.39, 0.29) is 11.5 Å². The van der Waals surface area contributed by atoms with Gasteiger partial charge in [0.1, 0.15) is 10.9 Å². The van der Waals surface area contributed by atoms with Crippen LogP contribution in [0.3, 0.4) is 0 Å². The Balaban J connectivity index is 1.80. The van der Waals surface area contributed by atoms with Gasteiger partial charge in [-0.1, -0.05) is 48.3 Å². The third-order valence-electron chi connectivity index (χ3n) is 5.82. The normalized spacial score (nSPS) is 12.2. The van der Waals surface area contributed by atoms with Gasteiger partial charge in [0, 0.05) is 15.5 Å². The highest BCUT2D eigenvalue weighted by molar-refractivity contribution is 7.19. The first-order valence-corrected chi connectivity index (χ1v) is 12.1. The smallest absolute Gasteiger partial charge is 0.263 e. The summed E-state index contributed by atoms with van der Waals surface area (Å²) in [6.45, 7) is 7.96. The van der Waals surface area contributed by atoms with E-state index in [1.54, 1.807) is 18.2 Å². The molecule has 0 saturated heterocycles. The summed E-state index contributed by atoms with van der Waals surface area (Å²) < 4.78 is 1.41. The van der Waals surface area contributed by atoms with Crippen LogP contribution in [-0.4, -0.2) is 15.5 Å². The van der Waals surface area contributed by atoms with Crippen molar-refractivity contribution in [1.29, 1.82) is 0 Å². The Kier molecular flexibility index (Phi) is 6.61. The molecule has 0 bridgehead atoms. The lowest BCUT2D eigenvalue weighted by atomic mass is 9.99. The van der Waals surface area contributed by atoms with Gasteiger partial charge >= 0.3 is 0 Å². The fraction of sp³-hybridized carbons (Fsp3) is 0.240. The number of hydrogen-bond acceptors (Lipinski definition) is 4. The molecule has 0 fully saturated rings. The number of anilines is 1. The number of carbonyl (C=O) groups excluding carboxylic acids is 1. The van der Waals surface area contributed by atoms with Crippen LogP contribution in [0.1, 0.15) is 35.4 Å². The summed E-state index contributed by atoms with van der Waals surface area (Å²) in [5, 5.41) is 4.16. The van der Waals surface area contributed by atoms with E-state index in [9.17, 15) is 9.59 Å². The molecule has 33 heavy (non-hydrogen) atoms. The van der Waals surface area contributed by atoms with Crippen LogP contribution < -0.4 is 10.9 Å². The van der Waals surface area contributed by atoms with E-state index in [0.717, 1.165) is 21.6 Å². The van der Waals surface area contributed by atoms with Crippen LogP contribution in [0, 0.1) is 20.8 Å². The van der Waals surface area contributed by atoms with Crippen molar-refractivity contribution in [1.82, 2.24) is 9.55 Å². The number of amides is 1. The molecular formula is C25H23Cl2N3O2S. The quantitative estimate of drug-likeness (QED) is 0.323. The molecule has 0 spiro atoms. The zero-order valence-corrected chi connectivity index (χ0v) is 21.0. The molecule has 0 radical (unpaired) electrons. The highest BCUT2D eigenvalue weighted by atomic mass is 35.5. The maximum Gasteiger partial charge on any atom is 0.263 e. The fourth-order valence-electron chi connectivity index (χ4n) is 3.90. The number of fused-ring (bicyclic) bond motifs is 1. The Morgan fingerprint density at radius 3 is 2.55 bits per heavy atom. The van der Waals surface area contributed by atoms with Gasteiger partial charge in [-0.05, 0) is 62.1 Å². The lowest BCUT2D eigenvalue weighted by Crippen LogP contribution is -2.33. The van der Waals surface area contributed by atoms with E-state index >= 15 is 0 Å². The lowest BCUT2D eigenvalue weighted by molar-refractivity contribution is -0.119. The average molecular weight is 500 g/mol. The molecule has 8 heteroatoms. The van der Waals surface area contributed by atoms with Gasteiger partial charge < -0.3 is 5.32 Å². The monoisotopic (exact) mass is 499 g/mol. The molecular weight excluding hydrogens is 477 g/mol. The van der Waals surface area contributed by atoms with Crippen LogP contribution in [0.5, 0.6) is 0 Å². The number of nitrogens with zero attached hydrogens (tertiary/aromatic N) is 2. The molecule has 0 saturated carbocycles. The Bertz CT molecular complexity index is 1440. The molecule has 0 aliphatic heterocycles. The van der Waals surface area contributed by atoms with Crippen LogP contribution in [-0.2, 0) is 4.79 Å². The van der Waals surface area contributed by atoms with Gasteiger partial charge in [-0.25, -0.2) is 4.98 Å². The Labute approximate surface area is 206 Å². The number of thiophene rings is 1. The van der Waals surface area contributed by atoms with Crippen molar-refractivity contribution < 1.29 is 4.79 Å². The molecule has 4 aromatic rings. The minimum absolute atomic E-state index is 0.234. The first kappa shape index (κ1) is 23.5. The maximum atomic E-state index is 13.7. The first-order chi connectivity index (χ1) is 15.7. The summed E-state index contributed by atoms with van der Waals surface area (Å²) in [7, 11) is 0. The first-order valence-electron chi connectivity index (χ1n) is 10.5. The number of aromatic nitrogens is 2. The lowest BCUT2D eigenvalue weighted by Gasteiger charge is -2.18. The van der Waals surface area contributed by atoms with Gasteiger partial charge in [0.25, 0.3) is 5.56 Å². The summed E-state index contributed by atoms with van der Waals surface area (Å²) in [5.41, 5.74) is 4.40. The second-order valence-electron chi connectivity index (χ2n) is 8.01. The minimum atomic E-state index is -0.742. The molecule has 1 unspecified atom stereocenters. The van der Waals surface area contributed by atoms with E-state index in [1.165, 1.54) is 27.8 Å². The van der Waals surface area contributed by atoms with Crippen molar-refractivity contribution >= 4 is 56.3 Å². The predicted octanol–water partition coefficient (Wildman–Crippen LogP) is 6.95. The summed E-state index contributed by atoms with van der Waals surface area (Å²) in [6.07, 6.45) is 1.87.